The highest BCUT2D eigenvalue weighted by atomic mass is 79.9. The molecule has 1 aromatic carbocycles. The summed E-state index contributed by atoms with van der Waals surface area (Å²) < 4.78 is 6.00. The predicted octanol–water partition coefficient (Wildman–Crippen LogP) is 4.37. The molecule has 1 saturated carbocycles. The highest BCUT2D eigenvalue weighted by Crippen LogP contribution is 2.28. The van der Waals surface area contributed by atoms with Gasteiger partial charge in [0.25, 0.3) is 0 Å². The molecule has 3 nitrogen and oxygen atoms in total. The average Bonchev–Trinajstić information content (AvgIpc) is 2.73. The minimum absolute atomic E-state index is 0.156. The van der Waals surface area contributed by atoms with E-state index in [2.05, 4.69) is 21.2 Å². The molecule has 1 aromatic rings. The van der Waals surface area contributed by atoms with E-state index >= 15 is 0 Å². The molecule has 0 heterocycles. The molecule has 0 saturated heterocycles. The zero-order valence-electron chi connectivity index (χ0n) is 11.9. The van der Waals surface area contributed by atoms with Gasteiger partial charge < -0.3 is 10.1 Å². The summed E-state index contributed by atoms with van der Waals surface area (Å²) in [5.41, 5.74) is 0.957. The third-order valence-corrected chi connectivity index (χ3v) is 4.47. The van der Waals surface area contributed by atoms with E-state index < -0.39 is 0 Å². The SMILES string of the molecule is COC(=O)C(Nc1cccc(Br)c1)C1CCCCCC1. The largest absolute Gasteiger partial charge is 0.467 e. The van der Waals surface area contributed by atoms with Gasteiger partial charge in [-0.1, -0.05) is 47.7 Å². The van der Waals surface area contributed by atoms with Gasteiger partial charge in [-0.15, -0.1) is 0 Å². The van der Waals surface area contributed by atoms with Crippen LogP contribution in [0, 0.1) is 5.92 Å². The smallest absolute Gasteiger partial charge is 0.328 e. The van der Waals surface area contributed by atoms with Crippen LogP contribution in [0.25, 0.3) is 0 Å². The molecule has 1 unspecified atom stereocenters. The van der Waals surface area contributed by atoms with Crippen molar-refractivity contribution < 1.29 is 9.53 Å². The number of halogens is 1. The van der Waals surface area contributed by atoms with Gasteiger partial charge in [0, 0.05) is 10.2 Å². The van der Waals surface area contributed by atoms with Crippen molar-refractivity contribution in [2.45, 2.75) is 44.6 Å². The molecule has 0 amide bonds. The Hall–Kier alpha value is -1.03. The molecular weight excluding hydrogens is 318 g/mol. The first-order valence-corrected chi connectivity index (χ1v) is 8.10. The van der Waals surface area contributed by atoms with E-state index in [4.69, 9.17) is 4.74 Å². The number of rotatable bonds is 4. The summed E-state index contributed by atoms with van der Waals surface area (Å²) >= 11 is 3.46. The zero-order valence-corrected chi connectivity index (χ0v) is 13.5. The fourth-order valence-electron chi connectivity index (χ4n) is 2.90. The minimum atomic E-state index is -0.243. The summed E-state index contributed by atoms with van der Waals surface area (Å²) in [4.78, 5) is 12.1. The molecular formula is C16H22BrNO2. The van der Waals surface area contributed by atoms with Crippen LogP contribution in [0.3, 0.4) is 0 Å². The van der Waals surface area contributed by atoms with Gasteiger partial charge in [-0.25, -0.2) is 4.79 Å². The van der Waals surface area contributed by atoms with Crippen molar-refractivity contribution >= 4 is 27.6 Å². The summed E-state index contributed by atoms with van der Waals surface area (Å²) in [7, 11) is 1.47. The Morgan fingerprint density at radius 3 is 2.60 bits per heavy atom. The van der Waals surface area contributed by atoms with Gasteiger partial charge in [0.1, 0.15) is 6.04 Å². The van der Waals surface area contributed by atoms with Gasteiger partial charge in [0.05, 0.1) is 7.11 Å². The molecule has 1 fully saturated rings. The lowest BCUT2D eigenvalue weighted by atomic mass is 9.91. The lowest BCUT2D eigenvalue weighted by Crippen LogP contribution is -2.37. The van der Waals surface area contributed by atoms with Crippen LogP contribution in [0.5, 0.6) is 0 Å². The fourth-order valence-corrected chi connectivity index (χ4v) is 3.30. The average molecular weight is 340 g/mol. The predicted molar refractivity (Wildman–Crippen MR) is 84.8 cm³/mol. The fraction of sp³-hybridized carbons (Fsp3) is 0.562. The topological polar surface area (TPSA) is 38.3 Å². The Bertz CT molecular complexity index is 442. The number of benzene rings is 1. The van der Waals surface area contributed by atoms with Gasteiger partial charge in [-0.3, -0.25) is 0 Å². The van der Waals surface area contributed by atoms with Crippen molar-refractivity contribution in [3.8, 4) is 0 Å². The van der Waals surface area contributed by atoms with Crippen molar-refractivity contribution in [1.29, 1.82) is 0 Å². The van der Waals surface area contributed by atoms with E-state index in [1.165, 1.54) is 32.8 Å². The molecule has 0 aliphatic heterocycles. The van der Waals surface area contributed by atoms with Gasteiger partial charge >= 0.3 is 5.97 Å². The summed E-state index contributed by atoms with van der Waals surface area (Å²) in [6.07, 6.45) is 7.17. The van der Waals surface area contributed by atoms with E-state index in [1.807, 2.05) is 24.3 Å². The number of anilines is 1. The van der Waals surface area contributed by atoms with E-state index in [0.717, 1.165) is 23.0 Å². The maximum absolute atomic E-state index is 12.1. The molecule has 0 aromatic heterocycles. The molecule has 0 spiro atoms. The standard InChI is InChI=1S/C16H22BrNO2/c1-20-16(19)15(12-7-4-2-3-5-8-12)18-14-10-6-9-13(17)11-14/h6,9-12,15,18H,2-5,7-8H2,1H3. The van der Waals surface area contributed by atoms with Crippen molar-refractivity contribution in [2.24, 2.45) is 5.92 Å². The normalized spacial score (nSPS) is 18.1. The van der Waals surface area contributed by atoms with Crippen LogP contribution in [0.1, 0.15) is 38.5 Å². The Morgan fingerprint density at radius 1 is 1.30 bits per heavy atom. The number of hydrogen-bond acceptors (Lipinski definition) is 3. The molecule has 4 heteroatoms. The molecule has 1 aliphatic rings. The highest BCUT2D eigenvalue weighted by Gasteiger charge is 2.29. The van der Waals surface area contributed by atoms with E-state index in [9.17, 15) is 4.79 Å². The maximum atomic E-state index is 12.1. The Balaban J connectivity index is 2.12. The maximum Gasteiger partial charge on any atom is 0.328 e. The zero-order chi connectivity index (χ0) is 14.4. The van der Waals surface area contributed by atoms with Gasteiger partial charge in [0.2, 0.25) is 0 Å². The molecule has 20 heavy (non-hydrogen) atoms. The van der Waals surface area contributed by atoms with Gasteiger partial charge in [-0.2, -0.15) is 0 Å². The first-order chi connectivity index (χ1) is 9.70. The van der Waals surface area contributed by atoms with Crippen LogP contribution in [0.4, 0.5) is 5.69 Å². The molecule has 2 rings (SSSR count). The van der Waals surface area contributed by atoms with Crippen LogP contribution in [0.15, 0.2) is 28.7 Å². The quantitative estimate of drug-likeness (QED) is 0.653. The van der Waals surface area contributed by atoms with Gasteiger partial charge in [-0.05, 0) is 37.0 Å². The molecule has 0 bridgehead atoms. The molecule has 110 valence electrons. The van der Waals surface area contributed by atoms with Crippen molar-refractivity contribution in [3.63, 3.8) is 0 Å². The molecule has 1 aliphatic carbocycles. The summed E-state index contributed by atoms with van der Waals surface area (Å²) in [5, 5.41) is 3.36. The second-order valence-electron chi connectivity index (χ2n) is 5.41. The van der Waals surface area contributed by atoms with E-state index in [-0.39, 0.29) is 12.0 Å². The highest BCUT2D eigenvalue weighted by molar-refractivity contribution is 9.10. The van der Waals surface area contributed by atoms with Crippen molar-refractivity contribution in [1.82, 2.24) is 0 Å². The van der Waals surface area contributed by atoms with Crippen LogP contribution < -0.4 is 5.32 Å². The number of ether oxygens (including phenoxy) is 1. The third kappa shape index (κ3) is 4.23. The lowest BCUT2D eigenvalue weighted by molar-refractivity contribution is -0.142. The van der Waals surface area contributed by atoms with Crippen molar-refractivity contribution in [2.75, 3.05) is 12.4 Å². The number of nitrogens with one attached hydrogen (secondary N) is 1. The lowest BCUT2D eigenvalue weighted by Gasteiger charge is -2.26. The second kappa shape index (κ2) is 7.67. The Morgan fingerprint density at radius 2 is 2.00 bits per heavy atom. The summed E-state index contributed by atoms with van der Waals surface area (Å²) in [6, 6.07) is 7.68. The summed E-state index contributed by atoms with van der Waals surface area (Å²) in [6.45, 7) is 0. The monoisotopic (exact) mass is 339 g/mol. The molecule has 1 atom stereocenters. The first kappa shape index (κ1) is 15.4. The number of methoxy groups -OCH3 is 1. The Labute approximate surface area is 129 Å². The second-order valence-corrected chi connectivity index (χ2v) is 6.32. The van der Waals surface area contributed by atoms with E-state index in [0.29, 0.717) is 5.92 Å². The third-order valence-electron chi connectivity index (χ3n) is 3.97. The van der Waals surface area contributed by atoms with Crippen LogP contribution in [-0.2, 0) is 9.53 Å². The first-order valence-electron chi connectivity index (χ1n) is 7.30. The number of carbonyl (C=O) groups excluding carboxylic acids is 1. The van der Waals surface area contributed by atoms with Crippen LogP contribution in [0.2, 0.25) is 0 Å². The number of carbonyl (C=O) groups is 1. The van der Waals surface area contributed by atoms with Crippen LogP contribution in [-0.4, -0.2) is 19.1 Å². The Kier molecular flexibility index (Phi) is 5.89. The van der Waals surface area contributed by atoms with Crippen molar-refractivity contribution in [3.05, 3.63) is 28.7 Å². The van der Waals surface area contributed by atoms with Crippen LogP contribution >= 0.6 is 15.9 Å². The summed E-state index contributed by atoms with van der Waals surface area (Å²) in [5.74, 6) is 0.209. The number of hydrogen-bond donors (Lipinski definition) is 1. The minimum Gasteiger partial charge on any atom is -0.467 e. The molecule has 0 radical (unpaired) electrons. The molecule has 1 N–H and O–H groups in total. The number of esters is 1. The van der Waals surface area contributed by atoms with E-state index in [1.54, 1.807) is 0 Å². The van der Waals surface area contributed by atoms with Gasteiger partial charge in [0.15, 0.2) is 0 Å².